The van der Waals surface area contributed by atoms with Gasteiger partial charge in [0.15, 0.2) is 5.69 Å². The van der Waals surface area contributed by atoms with Gasteiger partial charge in [-0.1, -0.05) is 6.92 Å². The normalized spacial score (nSPS) is 17.3. The van der Waals surface area contributed by atoms with Crippen LogP contribution in [0.1, 0.15) is 30.3 Å². The van der Waals surface area contributed by atoms with E-state index in [-0.39, 0.29) is 5.69 Å². The summed E-state index contributed by atoms with van der Waals surface area (Å²) in [6.07, 6.45) is 3.80. The van der Waals surface area contributed by atoms with Crippen LogP contribution < -0.4 is 5.32 Å². The minimum atomic E-state index is -1.03. The summed E-state index contributed by atoms with van der Waals surface area (Å²) in [5, 5.41) is 12.0. The number of piperidine rings is 1. The van der Waals surface area contributed by atoms with Gasteiger partial charge in [-0.15, -0.1) is 0 Å². The second kappa shape index (κ2) is 6.47. The van der Waals surface area contributed by atoms with Crippen molar-refractivity contribution in [3.8, 4) is 0 Å². The standard InChI is InChI=1S/C13H20N4O2/c1-2-17-7-4-10(5-8-17)9-15-13-14-6-3-11(16-13)12(18)19/h3,6,10H,2,4-5,7-9H2,1H3,(H,18,19)(H,14,15,16). The lowest BCUT2D eigenvalue weighted by Crippen LogP contribution is -2.35. The van der Waals surface area contributed by atoms with Crippen LogP contribution in [0.5, 0.6) is 0 Å². The Hall–Kier alpha value is -1.69. The fourth-order valence-electron chi connectivity index (χ4n) is 2.31. The van der Waals surface area contributed by atoms with E-state index in [0.29, 0.717) is 11.9 Å². The van der Waals surface area contributed by atoms with Crippen LogP contribution in [0.2, 0.25) is 0 Å². The number of nitrogens with one attached hydrogen (secondary N) is 1. The number of likely N-dealkylation sites (tertiary alicyclic amines) is 1. The Morgan fingerprint density at radius 2 is 2.26 bits per heavy atom. The van der Waals surface area contributed by atoms with Crippen molar-refractivity contribution in [3.63, 3.8) is 0 Å². The molecule has 19 heavy (non-hydrogen) atoms. The van der Waals surface area contributed by atoms with Crippen molar-refractivity contribution in [3.05, 3.63) is 18.0 Å². The molecule has 1 saturated heterocycles. The maximum atomic E-state index is 10.8. The highest BCUT2D eigenvalue weighted by molar-refractivity contribution is 5.85. The maximum absolute atomic E-state index is 10.8. The summed E-state index contributed by atoms with van der Waals surface area (Å²) in [6.45, 7) is 6.38. The molecule has 0 amide bonds. The van der Waals surface area contributed by atoms with Crippen molar-refractivity contribution in [2.24, 2.45) is 5.92 Å². The van der Waals surface area contributed by atoms with Gasteiger partial charge in [0, 0.05) is 12.7 Å². The quantitative estimate of drug-likeness (QED) is 0.835. The molecule has 104 valence electrons. The van der Waals surface area contributed by atoms with E-state index in [9.17, 15) is 4.79 Å². The number of aromatic carboxylic acids is 1. The first-order chi connectivity index (χ1) is 9.19. The first kappa shape index (κ1) is 13.7. The lowest BCUT2D eigenvalue weighted by molar-refractivity contribution is 0.0690. The Bertz CT molecular complexity index is 430. The van der Waals surface area contributed by atoms with Crippen molar-refractivity contribution in [1.29, 1.82) is 0 Å². The second-order valence-corrected chi connectivity index (χ2v) is 4.83. The smallest absolute Gasteiger partial charge is 0.354 e. The highest BCUT2D eigenvalue weighted by atomic mass is 16.4. The van der Waals surface area contributed by atoms with E-state index in [0.717, 1.165) is 26.2 Å². The SMILES string of the molecule is CCN1CCC(CNc2nccc(C(=O)O)n2)CC1. The molecule has 0 bridgehead atoms. The molecule has 0 atom stereocenters. The average Bonchev–Trinajstić information content (AvgIpc) is 2.46. The van der Waals surface area contributed by atoms with Gasteiger partial charge >= 0.3 is 5.97 Å². The van der Waals surface area contributed by atoms with E-state index < -0.39 is 5.97 Å². The van der Waals surface area contributed by atoms with Gasteiger partial charge in [0.1, 0.15) is 0 Å². The first-order valence-corrected chi connectivity index (χ1v) is 6.71. The molecule has 0 aliphatic carbocycles. The van der Waals surface area contributed by atoms with Crippen LogP contribution in [0.4, 0.5) is 5.95 Å². The van der Waals surface area contributed by atoms with Gasteiger partial charge in [-0.25, -0.2) is 14.8 Å². The van der Waals surface area contributed by atoms with E-state index in [1.54, 1.807) is 0 Å². The molecule has 0 unspecified atom stereocenters. The molecule has 1 aliphatic rings. The molecule has 1 aromatic heterocycles. The topological polar surface area (TPSA) is 78.4 Å². The van der Waals surface area contributed by atoms with Gasteiger partial charge < -0.3 is 15.3 Å². The summed E-state index contributed by atoms with van der Waals surface area (Å²) in [5.74, 6) is -0.0144. The van der Waals surface area contributed by atoms with Gasteiger partial charge in [-0.3, -0.25) is 0 Å². The Morgan fingerprint density at radius 3 is 2.89 bits per heavy atom. The monoisotopic (exact) mass is 264 g/mol. The van der Waals surface area contributed by atoms with E-state index in [1.807, 2.05) is 0 Å². The summed E-state index contributed by atoms with van der Waals surface area (Å²) >= 11 is 0. The van der Waals surface area contributed by atoms with Crippen molar-refractivity contribution < 1.29 is 9.90 Å². The fourth-order valence-corrected chi connectivity index (χ4v) is 2.31. The molecule has 6 heteroatoms. The van der Waals surface area contributed by atoms with Crippen LogP contribution >= 0.6 is 0 Å². The maximum Gasteiger partial charge on any atom is 0.354 e. The van der Waals surface area contributed by atoms with Gasteiger partial charge in [-0.2, -0.15) is 0 Å². The van der Waals surface area contributed by atoms with Crippen LogP contribution in [-0.4, -0.2) is 52.1 Å². The number of anilines is 1. The third kappa shape index (κ3) is 3.89. The summed E-state index contributed by atoms with van der Waals surface area (Å²) in [4.78, 5) is 21.2. The zero-order valence-electron chi connectivity index (χ0n) is 11.2. The third-order valence-corrected chi connectivity index (χ3v) is 3.58. The summed E-state index contributed by atoms with van der Waals surface area (Å²) in [7, 11) is 0. The van der Waals surface area contributed by atoms with Crippen LogP contribution in [0.25, 0.3) is 0 Å². The van der Waals surface area contributed by atoms with Crippen molar-refractivity contribution in [2.75, 3.05) is 31.5 Å². The third-order valence-electron chi connectivity index (χ3n) is 3.58. The number of hydrogen-bond acceptors (Lipinski definition) is 5. The zero-order valence-corrected chi connectivity index (χ0v) is 11.2. The average molecular weight is 264 g/mol. The Balaban J connectivity index is 1.82. The summed E-state index contributed by atoms with van der Waals surface area (Å²) in [5.41, 5.74) is 0.0262. The molecular formula is C13H20N4O2. The number of hydrogen-bond donors (Lipinski definition) is 2. The highest BCUT2D eigenvalue weighted by Crippen LogP contribution is 2.17. The number of carboxylic acids is 1. The van der Waals surface area contributed by atoms with Crippen LogP contribution in [0.3, 0.4) is 0 Å². The Labute approximate surface area is 112 Å². The number of nitrogens with zero attached hydrogens (tertiary/aromatic N) is 3. The molecule has 0 spiro atoms. The molecule has 2 rings (SSSR count). The molecule has 2 N–H and O–H groups in total. The summed E-state index contributed by atoms with van der Waals surface area (Å²) in [6, 6.07) is 1.40. The fraction of sp³-hybridized carbons (Fsp3) is 0.615. The van der Waals surface area contributed by atoms with Gasteiger partial charge in [0.05, 0.1) is 0 Å². The van der Waals surface area contributed by atoms with Crippen molar-refractivity contribution in [1.82, 2.24) is 14.9 Å². The zero-order chi connectivity index (χ0) is 13.7. The van der Waals surface area contributed by atoms with E-state index in [2.05, 4.69) is 27.1 Å². The molecule has 0 saturated carbocycles. The van der Waals surface area contributed by atoms with Crippen molar-refractivity contribution >= 4 is 11.9 Å². The molecule has 0 aromatic carbocycles. The lowest BCUT2D eigenvalue weighted by Gasteiger charge is -2.31. The largest absolute Gasteiger partial charge is 0.477 e. The predicted molar refractivity (Wildman–Crippen MR) is 72.3 cm³/mol. The van der Waals surface area contributed by atoms with Gasteiger partial charge in [0.25, 0.3) is 0 Å². The van der Waals surface area contributed by atoms with E-state index in [4.69, 9.17) is 5.11 Å². The minimum absolute atomic E-state index is 0.0262. The molecule has 1 aromatic rings. The Morgan fingerprint density at radius 1 is 1.53 bits per heavy atom. The van der Waals surface area contributed by atoms with E-state index >= 15 is 0 Å². The van der Waals surface area contributed by atoms with E-state index in [1.165, 1.54) is 25.1 Å². The van der Waals surface area contributed by atoms with Crippen LogP contribution in [0.15, 0.2) is 12.3 Å². The van der Waals surface area contributed by atoms with Crippen LogP contribution in [-0.2, 0) is 0 Å². The molecule has 2 heterocycles. The second-order valence-electron chi connectivity index (χ2n) is 4.83. The number of rotatable bonds is 5. The highest BCUT2D eigenvalue weighted by Gasteiger charge is 2.18. The number of carbonyl (C=O) groups is 1. The van der Waals surface area contributed by atoms with Crippen LogP contribution in [0, 0.1) is 5.92 Å². The summed E-state index contributed by atoms with van der Waals surface area (Å²) < 4.78 is 0. The molecule has 6 nitrogen and oxygen atoms in total. The van der Waals surface area contributed by atoms with Gasteiger partial charge in [0.2, 0.25) is 5.95 Å². The Kier molecular flexibility index (Phi) is 4.68. The molecular weight excluding hydrogens is 244 g/mol. The minimum Gasteiger partial charge on any atom is -0.477 e. The first-order valence-electron chi connectivity index (χ1n) is 6.71. The van der Waals surface area contributed by atoms with Gasteiger partial charge in [-0.05, 0) is 44.5 Å². The lowest BCUT2D eigenvalue weighted by atomic mass is 9.97. The molecule has 1 fully saturated rings. The number of aromatic nitrogens is 2. The molecule has 0 radical (unpaired) electrons. The number of carboxylic acid groups (broad SMARTS) is 1. The molecule has 1 aliphatic heterocycles. The van der Waals surface area contributed by atoms with Crippen molar-refractivity contribution in [2.45, 2.75) is 19.8 Å². The predicted octanol–water partition coefficient (Wildman–Crippen LogP) is 1.32.